The van der Waals surface area contributed by atoms with Crippen molar-refractivity contribution in [1.29, 1.82) is 0 Å². The molecule has 5 nitrogen and oxygen atoms in total. The van der Waals surface area contributed by atoms with Gasteiger partial charge in [-0.05, 0) is 31.5 Å². The summed E-state index contributed by atoms with van der Waals surface area (Å²) in [5.74, 6) is 0.790. The highest BCUT2D eigenvalue weighted by Crippen LogP contribution is 2.25. The fourth-order valence-electron chi connectivity index (χ4n) is 2.65. The largest absolute Gasteiger partial charge is 0.497 e. The summed E-state index contributed by atoms with van der Waals surface area (Å²) >= 11 is 0. The SMILES string of the molecule is CCN(C(=O)OC1CCOCC1)C(C)c1cccc(OC)c1. The Morgan fingerprint density at radius 1 is 1.41 bits per heavy atom. The van der Waals surface area contributed by atoms with Crippen LogP contribution in [0.3, 0.4) is 0 Å². The molecule has 0 radical (unpaired) electrons. The third kappa shape index (κ3) is 4.13. The molecule has 1 aliphatic rings. The number of ether oxygens (including phenoxy) is 3. The molecule has 0 bridgehead atoms. The highest BCUT2D eigenvalue weighted by Gasteiger charge is 2.25. The normalized spacial score (nSPS) is 16.9. The van der Waals surface area contributed by atoms with Gasteiger partial charge in [-0.2, -0.15) is 0 Å². The van der Waals surface area contributed by atoms with Crippen LogP contribution in [-0.2, 0) is 9.47 Å². The van der Waals surface area contributed by atoms with Gasteiger partial charge in [0.05, 0.1) is 26.4 Å². The zero-order valence-electron chi connectivity index (χ0n) is 13.6. The number of benzene rings is 1. The number of methoxy groups -OCH3 is 1. The molecule has 1 aliphatic heterocycles. The van der Waals surface area contributed by atoms with Crippen molar-refractivity contribution in [3.05, 3.63) is 29.8 Å². The molecule has 1 aromatic carbocycles. The van der Waals surface area contributed by atoms with Gasteiger partial charge in [-0.3, -0.25) is 0 Å². The van der Waals surface area contributed by atoms with Crippen molar-refractivity contribution in [2.75, 3.05) is 26.9 Å². The first-order chi connectivity index (χ1) is 10.7. The Hall–Kier alpha value is -1.75. The van der Waals surface area contributed by atoms with Crippen LogP contribution in [-0.4, -0.2) is 44.0 Å². The van der Waals surface area contributed by atoms with Crippen molar-refractivity contribution < 1.29 is 19.0 Å². The zero-order valence-corrected chi connectivity index (χ0v) is 13.6. The summed E-state index contributed by atoms with van der Waals surface area (Å²) in [4.78, 5) is 14.2. The summed E-state index contributed by atoms with van der Waals surface area (Å²) in [5, 5.41) is 0. The predicted octanol–water partition coefficient (Wildman–Crippen LogP) is 3.39. The molecule has 1 unspecified atom stereocenters. The fourth-order valence-corrected chi connectivity index (χ4v) is 2.65. The van der Waals surface area contributed by atoms with Crippen molar-refractivity contribution in [2.24, 2.45) is 0 Å². The monoisotopic (exact) mass is 307 g/mol. The zero-order chi connectivity index (χ0) is 15.9. The molecule has 1 saturated heterocycles. The molecule has 1 amide bonds. The van der Waals surface area contributed by atoms with Gasteiger partial charge in [-0.25, -0.2) is 4.79 Å². The summed E-state index contributed by atoms with van der Waals surface area (Å²) in [6.07, 6.45) is 1.26. The van der Waals surface area contributed by atoms with E-state index in [4.69, 9.17) is 14.2 Å². The summed E-state index contributed by atoms with van der Waals surface area (Å²) in [6, 6.07) is 7.72. The summed E-state index contributed by atoms with van der Waals surface area (Å²) in [6.45, 7) is 5.89. The number of carbonyl (C=O) groups is 1. The lowest BCUT2D eigenvalue weighted by molar-refractivity contribution is -0.0131. The minimum absolute atomic E-state index is 0.0344. The van der Waals surface area contributed by atoms with E-state index in [1.54, 1.807) is 12.0 Å². The lowest BCUT2D eigenvalue weighted by Gasteiger charge is -2.31. The van der Waals surface area contributed by atoms with E-state index in [9.17, 15) is 4.79 Å². The lowest BCUT2D eigenvalue weighted by Crippen LogP contribution is -2.37. The molecule has 0 saturated carbocycles. The van der Waals surface area contributed by atoms with E-state index in [2.05, 4.69) is 0 Å². The quantitative estimate of drug-likeness (QED) is 0.836. The highest BCUT2D eigenvalue weighted by atomic mass is 16.6. The van der Waals surface area contributed by atoms with Gasteiger partial charge >= 0.3 is 6.09 Å². The van der Waals surface area contributed by atoms with Gasteiger partial charge in [-0.1, -0.05) is 12.1 Å². The summed E-state index contributed by atoms with van der Waals surface area (Å²) < 4.78 is 16.2. The smallest absolute Gasteiger partial charge is 0.410 e. The van der Waals surface area contributed by atoms with Crippen LogP contribution in [0.15, 0.2) is 24.3 Å². The van der Waals surface area contributed by atoms with Gasteiger partial charge in [0.15, 0.2) is 0 Å². The van der Waals surface area contributed by atoms with Crippen molar-refractivity contribution in [1.82, 2.24) is 4.90 Å². The van der Waals surface area contributed by atoms with Crippen LogP contribution < -0.4 is 4.74 Å². The molecular weight excluding hydrogens is 282 g/mol. The second kappa shape index (κ2) is 8.03. The Morgan fingerprint density at radius 2 is 2.14 bits per heavy atom. The molecule has 0 N–H and O–H groups in total. The molecule has 1 aromatic rings. The molecule has 1 fully saturated rings. The molecule has 2 rings (SSSR count). The third-order valence-electron chi connectivity index (χ3n) is 4.05. The Bertz CT molecular complexity index is 485. The van der Waals surface area contributed by atoms with Crippen molar-refractivity contribution in [3.63, 3.8) is 0 Å². The Labute approximate surface area is 132 Å². The predicted molar refractivity (Wildman–Crippen MR) is 84.1 cm³/mol. The number of hydrogen-bond donors (Lipinski definition) is 0. The van der Waals surface area contributed by atoms with Crippen LogP contribution in [0.4, 0.5) is 4.79 Å². The molecule has 0 aliphatic carbocycles. The fraction of sp³-hybridized carbons (Fsp3) is 0.588. The second-order valence-electron chi connectivity index (χ2n) is 5.43. The van der Waals surface area contributed by atoms with Crippen molar-refractivity contribution >= 4 is 6.09 Å². The van der Waals surface area contributed by atoms with E-state index in [1.165, 1.54) is 0 Å². The molecule has 1 atom stereocenters. The Kier molecular flexibility index (Phi) is 6.07. The van der Waals surface area contributed by atoms with Gasteiger partial charge in [0.25, 0.3) is 0 Å². The Balaban J connectivity index is 2.03. The van der Waals surface area contributed by atoms with E-state index in [0.717, 1.165) is 24.2 Å². The van der Waals surface area contributed by atoms with E-state index < -0.39 is 0 Å². The first kappa shape index (κ1) is 16.6. The summed E-state index contributed by atoms with van der Waals surface area (Å²) in [7, 11) is 1.64. The molecule has 1 heterocycles. The van der Waals surface area contributed by atoms with Crippen LogP contribution >= 0.6 is 0 Å². The molecule has 0 spiro atoms. The van der Waals surface area contributed by atoms with Crippen LogP contribution in [0.25, 0.3) is 0 Å². The molecule has 22 heavy (non-hydrogen) atoms. The first-order valence-corrected chi connectivity index (χ1v) is 7.84. The minimum atomic E-state index is -0.260. The van der Waals surface area contributed by atoms with Crippen LogP contribution in [0.2, 0.25) is 0 Å². The number of hydrogen-bond acceptors (Lipinski definition) is 4. The van der Waals surface area contributed by atoms with Gasteiger partial charge < -0.3 is 19.1 Å². The standard InChI is InChI=1S/C17H25NO4/c1-4-18(17(19)22-15-8-10-21-11-9-15)13(2)14-6-5-7-16(12-14)20-3/h5-7,12-13,15H,4,8-11H2,1-3H3. The van der Waals surface area contributed by atoms with Gasteiger partial charge in [0, 0.05) is 19.4 Å². The maximum Gasteiger partial charge on any atom is 0.410 e. The number of carbonyl (C=O) groups excluding carboxylic acids is 1. The van der Waals surface area contributed by atoms with E-state index in [-0.39, 0.29) is 18.2 Å². The number of nitrogens with zero attached hydrogens (tertiary/aromatic N) is 1. The topological polar surface area (TPSA) is 48.0 Å². The Morgan fingerprint density at radius 3 is 2.77 bits per heavy atom. The van der Waals surface area contributed by atoms with E-state index >= 15 is 0 Å². The van der Waals surface area contributed by atoms with Crippen LogP contribution in [0.5, 0.6) is 5.75 Å². The third-order valence-corrected chi connectivity index (χ3v) is 4.05. The average molecular weight is 307 g/mol. The summed E-state index contributed by atoms with van der Waals surface area (Å²) in [5.41, 5.74) is 1.03. The molecule has 0 aromatic heterocycles. The lowest BCUT2D eigenvalue weighted by atomic mass is 10.1. The first-order valence-electron chi connectivity index (χ1n) is 7.84. The highest BCUT2D eigenvalue weighted by molar-refractivity contribution is 5.68. The second-order valence-corrected chi connectivity index (χ2v) is 5.43. The van der Waals surface area contributed by atoms with Crippen molar-refractivity contribution in [2.45, 2.75) is 38.8 Å². The molecular formula is C17H25NO4. The maximum absolute atomic E-state index is 12.4. The van der Waals surface area contributed by atoms with Gasteiger partial charge in [0.1, 0.15) is 11.9 Å². The van der Waals surface area contributed by atoms with E-state index in [1.807, 2.05) is 38.1 Å². The molecule has 122 valence electrons. The minimum Gasteiger partial charge on any atom is -0.497 e. The maximum atomic E-state index is 12.4. The van der Waals surface area contributed by atoms with Crippen LogP contribution in [0, 0.1) is 0 Å². The van der Waals surface area contributed by atoms with Gasteiger partial charge in [0.2, 0.25) is 0 Å². The van der Waals surface area contributed by atoms with Crippen molar-refractivity contribution in [3.8, 4) is 5.75 Å². The average Bonchev–Trinajstić information content (AvgIpc) is 2.56. The number of amides is 1. The van der Waals surface area contributed by atoms with Gasteiger partial charge in [-0.15, -0.1) is 0 Å². The van der Waals surface area contributed by atoms with E-state index in [0.29, 0.717) is 19.8 Å². The van der Waals surface area contributed by atoms with Crippen LogP contribution in [0.1, 0.15) is 38.3 Å². The molecule has 5 heteroatoms. The number of rotatable bonds is 5.